The average molecular weight is 264 g/mol. The molecule has 1 rings (SSSR count). The summed E-state index contributed by atoms with van der Waals surface area (Å²) in [7, 11) is 1.66. The van der Waals surface area contributed by atoms with Crippen molar-refractivity contribution in [3.63, 3.8) is 0 Å². The highest BCUT2D eigenvalue weighted by atomic mass is 16.5. The quantitative estimate of drug-likeness (QED) is 0.887. The highest BCUT2D eigenvalue weighted by molar-refractivity contribution is 5.89. The molecular weight excluding hydrogens is 240 g/mol. The molecule has 0 aliphatic rings. The Bertz CT molecular complexity index is 434. The van der Waals surface area contributed by atoms with Gasteiger partial charge in [0.15, 0.2) is 0 Å². The minimum atomic E-state index is -0.0724. The zero-order valence-corrected chi connectivity index (χ0v) is 12.7. The normalized spacial score (nSPS) is 10.7. The number of hydrogen-bond acceptors (Lipinski definition) is 3. The lowest BCUT2D eigenvalue weighted by molar-refractivity contribution is -0.114. The maximum absolute atomic E-state index is 11.2. The van der Waals surface area contributed by atoms with Crippen LogP contribution in [-0.2, 0) is 4.79 Å². The van der Waals surface area contributed by atoms with Crippen molar-refractivity contribution in [3.05, 3.63) is 18.2 Å². The number of rotatable bonds is 5. The molecule has 0 atom stereocenters. The molecule has 4 heteroatoms. The fourth-order valence-corrected chi connectivity index (χ4v) is 2.33. The molecule has 0 saturated heterocycles. The van der Waals surface area contributed by atoms with Crippen molar-refractivity contribution in [1.29, 1.82) is 0 Å². The smallest absolute Gasteiger partial charge is 0.221 e. The predicted molar refractivity (Wildman–Crippen MR) is 80.0 cm³/mol. The second kappa shape index (κ2) is 6.45. The Hall–Kier alpha value is -1.71. The zero-order chi connectivity index (χ0) is 14.6. The third-order valence-electron chi connectivity index (χ3n) is 2.89. The maximum atomic E-state index is 11.2. The summed E-state index contributed by atoms with van der Waals surface area (Å²) in [6, 6.07) is 6.39. The van der Waals surface area contributed by atoms with Crippen LogP contribution >= 0.6 is 0 Å². The van der Waals surface area contributed by atoms with E-state index in [0.717, 1.165) is 17.1 Å². The Kier molecular flexibility index (Phi) is 5.21. The lowest BCUT2D eigenvalue weighted by Crippen LogP contribution is -2.37. The molecule has 1 aromatic rings. The third kappa shape index (κ3) is 3.88. The fourth-order valence-electron chi connectivity index (χ4n) is 2.33. The van der Waals surface area contributed by atoms with Crippen LogP contribution in [0.3, 0.4) is 0 Å². The second-order valence-electron chi connectivity index (χ2n) is 5.16. The van der Waals surface area contributed by atoms with Crippen LogP contribution in [0.4, 0.5) is 11.4 Å². The van der Waals surface area contributed by atoms with Crippen molar-refractivity contribution < 1.29 is 9.53 Å². The van der Waals surface area contributed by atoms with Crippen molar-refractivity contribution >= 4 is 17.3 Å². The Morgan fingerprint density at radius 1 is 1.21 bits per heavy atom. The SMILES string of the molecule is COc1ccc(NC(C)=O)cc1N(C(C)C)C(C)C. The van der Waals surface area contributed by atoms with E-state index in [4.69, 9.17) is 4.74 Å². The summed E-state index contributed by atoms with van der Waals surface area (Å²) in [4.78, 5) is 13.4. The Morgan fingerprint density at radius 2 is 1.79 bits per heavy atom. The summed E-state index contributed by atoms with van der Waals surface area (Å²) in [6.07, 6.45) is 0. The highest BCUT2D eigenvalue weighted by Crippen LogP contribution is 2.33. The van der Waals surface area contributed by atoms with E-state index in [1.54, 1.807) is 7.11 Å². The Morgan fingerprint density at radius 3 is 2.21 bits per heavy atom. The van der Waals surface area contributed by atoms with Crippen LogP contribution in [0.2, 0.25) is 0 Å². The van der Waals surface area contributed by atoms with Gasteiger partial charge >= 0.3 is 0 Å². The van der Waals surface area contributed by atoms with E-state index in [1.165, 1.54) is 6.92 Å². The van der Waals surface area contributed by atoms with Gasteiger partial charge in [-0.05, 0) is 45.9 Å². The van der Waals surface area contributed by atoms with Crippen LogP contribution in [-0.4, -0.2) is 25.1 Å². The van der Waals surface area contributed by atoms with Gasteiger partial charge in [-0.3, -0.25) is 4.79 Å². The topological polar surface area (TPSA) is 41.6 Å². The molecule has 0 saturated carbocycles. The minimum absolute atomic E-state index is 0.0724. The number of hydrogen-bond donors (Lipinski definition) is 1. The van der Waals surface area contributed by atoms with Gasteiger partial charge in [-0.25, -0.2) is 0 Å². The lowest BCUT2D eigenvalue weighted by atomic mass is 10.1. The number of carbonyl (C=O) groups excluding carboxylic acids is 1. The van der Waals surface area contributed by atoms with Gasteiger partial charge in [-0.2, -0.15) is 0 Å². The standard InChI is InChI=1S/C15H24N2O2/c1-10(2)17(11(3)4)14-9-13(16-12(5)18)7-8-15(14)19-6/h7-11H,1-6H3,(H,16,18). The van der Waals surface area contributed by atoms with Gasteiger partial charge in [0, 0.05) is 24.7 Å². The van der Waals surface area contributed by atoms with Crippen molar-refractivity contribution in [2.45, 2.75) is 46.7 Å². The van der Waals surface area contributed by atoms with Gasteiger partial charge in [-0.15, -0.1) is 0 Å². The molecule has 0 aliphatic carbocycles. The van der Waals surface area contributed by atoms with Crippen molar-refractivity contribution in [2.24, 2.45) is 0 Å². The summed E-state index contributed by atoms with van der Waals surface area (Å²) >= 11 is 0. The Balaban J connectivity index is 3.24. The largest absolute Gasteiger partial charge is 0.495 e. The fraction of sp³-hybridized carbons (Fsp3) is 0.533. The van der Waals surface area contributed by atoms with Crippen molar-refractivity contribution in [2.75, 3.05) is 17.3 Å². The summed E-state index contributed by atoms with van der Waals surface area (Å²) in [5, 5.41) is 2.81. The van der Waals surface area contributed by atoms with E-state index >= 15 is 0 Å². The number of anilines is 2. The van der Waals surface area contributed by atoms with E-state index < -0.39 is 0 Å². The first-order valence-electron chi connectivity index (χ1n) is 6.60. The van der Waals surface area contributed by atoms with Crippen LogP contribution in [0.5, 0.6) is 5.75 Å². The van der Waals surface area contributed by atoms with Crippen LogP contribution < -0.4 is 15.0 Å². The summed E-state index contributed by atoms with van der Waals surface area (Å²) in [5.41, 5.74) is 1.79. The number of ether oxygens (including phenoxy) is 1. The van der Waals surface area contributed by atoms with E-state index in [1.807, 2.05) is 18.2 Å². The molecule has 0 fully saturated rings. The summed E-state index contributed by atoms with van der Waals surface area (Å²) in [6.45, 7) is 10.1. The van der Waals surface area contributed by atoms with Gasteiger partial charge in [0.05, 0.1) is 12.8 Å². The molecule has 0 unspecified atom stereocenters. The van der Waals surface area contributed by atoms with Crippen LogP contribution in [0.25, 0.3) is 0 Å². The van der Waals surface area contributed by atoms with Crippen LogP contribution in [0.1, 0.15) is 34.6 Å². The van der Waals surface area contributed by atoms with E-state index in [0.29, 0.717) is 12.1 Å². The molecule has 0 radical (unpaired) electrons. The Labute approximate surface area is 115 Å². The first kappa shape index (κ1) is 15.3. The van der Waals surface area contributed by atoms with Gasteiger partial charge in [-0.1, -0.05) is 0 Å². The van der Waals surface area contributed by atoms with Gasteiger partial charge in [0.2, 0.25) is 5.91 Å². The number of nitrogens with zero attached hydrogens (tertiary/aromatic N) is 1. The summed E-state index contributed by atoms with van der Waals surface area (Å²) in [5.74, 6) is 0.744. The molecule has 106 valence electrons. The molecule has 0 aliphatic heterocycles. The molecule has 19 heavy (non-hydrogen) atoms. The highest BCUT2D eigenvalue weighted by Gasteiger charge is 2.18. The van der Waals surface area contributed by atoms with Crippen molar-refractivity contribution in [1.82, 2.24) is 0 Å². The van der Waals surface area contributed by atoms with E-state index in [2.05, 4.69) is 37.9 Å². The lowest BCUT2D eigenvalue weighted by Gasteiger charge is -2.34. The van der Waals surface area contributed by atoms with Crippen molar-refractivity contribution in [3.8, 4) is 5.75 Å². The first-order valence-corrected chi connectivity index (χ1v) is 6.60. The molecule has 1 aromatic carbocycles. The average Bonchev–Trinajstić information content (AvgIpc) is 2.27. The van der Waals surface area contributed by atoms with E-state index in [-0.39, 0.29) is 5.91 Å². The molecule has 0 heterocycles. The molecular formula is C15H24N2O2. The molecule has 0 bridgehead atoms. The monoisotopic (exact) mass is 264 g/mol. The second-order valence-corrected chi connectivity index (χ2v) is 5.16. The van der Waals surface area contributed by atoms with Gasteiger partial charge < -0.3 is 15.0 Å². The summed E-state index contributed by atoms with van der Waals surface area (Å²) < 4.78 is 5.43. The predicted octanol–water partition coefficient (Wildman–Crippen LogP) is 3.28. The van der Waals surface area contributed by atoms with Gasteiger partial charge in [0.25, 0.3) is 0 Å². The van der Waals surface area contributed by atoms with Crippen LogP contribution in [0, 0.1) is 0 Å². The number of benzene rings is 1. The molecule has 1 N–H and O–H groups in total. The zero-order valence-electron chi connectivity index (χ0n) is 12.7. The number of carbonyl (C=O) groups is 1. The van der Waals surface area contributed by atoms with E-state index in [9.17, 15) is 4.79 Å². The molecule has 4 nitrogen and oxygen atoms in total. The third-order valence-corrected chi connectivity index (χ3v) is 2.89. The van der Waals surface area contributed by atoms with Gasteiger partial charge in [0.1, 0.15) is 5.75 Å². The minimum Gasteiger partial charge on any atom is -0.495 e. The number of methoxy groups -OCH3 is 1. The molecule has 0 aromatic heterocycles. The number of nitrogens with one attached hydrogen (secondary N) is 1. The molecule has 0 spiro atoms. The first-order chi connectivity index (χ1) is 8.86. The number of amides is 1. The van der Waals surface area contributed by atoms with Crippen LogP contribution in [0.15, 0.2) is 18.2 Å². The molecule has 1 amide bonds. The maximum Gasteiger partial charge on any atom is 0.221 e.